The van der Waals surface area contributed by atoms with E-state index in [1.165, 1.54) is 0 Å². The van der Waals surface area contributed by atoms with Crippen LogP contribution in [0.2, 0.25) is 0 Å². The van der Waals surface area contributed by atoms with Gasteiger partial charge in [-0.05, 0) is 19.4 Å². The van der Waals surface area contributed by atoms with Crippen LogP contribution in [0.4, 0.5) is 0 Å². The molecule has 0 aliphatic heterocycles. The molecule has 0 unspecified atom stereocenters. The van der Waals surface area contributed by atoms with Crippen LogP contribution in [0.25, 0.3) is 0 Å². The number of rotatable bonds is 2. The molecule has 8 heavy (non-hydrogen) atoms. The van der Waals surface area contributed by atoms with Crippen molar-refractivity contribution in [2.45, 2.75) is 13.8 Å². The highest BCUT2D eigenvalue weighted by Crippen LogP contribution is 2.03. The molecule has 2 heteroatoms. The van der Waals surface area contributed by atoms with Gasteiger partial charge in [0.2, 0.25) is 0 Å². The molecular formula is C6H10N2. The Morgan fingerprint density at radius 3 is 2.25 bits per heavy atom. The summed E-state index contributed by atoms with van der Waals surface area (Å²) in [7, 11) is 0. The molecule has 0 fully saturated rings. The second-order valence-electron chi connectivity index (χ2n) is 1.58. The molecule has 0 radical (unpaired) electrons. The molecule has 1 N–H and O–H groups in total. The third-order valence-electron chi connectivity index (χ3n) is 1.04. The highest BCUT2D eigenvalue weighted by Gasteiger charge is 1.85. The minimum absolute atomic E-state index is 0.722. The topological polar surface area (TPSA) is 36.2 Å². The Kier molecular flexibility index (Phi) is 2.77. The predicted octanol–water partition coefficient (Wildman–Crippen LogP) is 2.50. The lowest BCUT2D eigenvalue weighted by atomic mass is 10.2. The fourth-order valence-corrected chi connectivity index (χ4v) is 0.236. The highest BCUT2D eigenvalue weighted by atomic mass is 15.0. The van der Waals surface area contributed by atoms with Gasteiger partial charge < -0.3 is 0 Å². The molecule has 0 aliphatic carbocycles. The quantitative estimate of drug-likeness (QED) is 0.419. The number of allylic oxidation sites excluding steroid dienone is 3. The van der Waals surface area contributed by atoms with E-state index in [9.17, 15) is 0 Å². The molecule has 0 spiro atoms. The van der Waals surface area contributed by atoms with Crippen LogP contribution in [-0.4, -0.2) is 0 Å². The van der Waals surface area contributed by atoms with Crippen molar-refractivity contribution in [3.63, 3.8) is 0 Å². The fourth-order valence-electron chi connectivity index (χ4n) is 0.236. The van der Waals surface area contributed by atoms with E-state index in [0.29, 0.717) is 0 Å². The minimum Gasteiger partial charge on any atom is -0.205 e. The largest absolute Gasteiger partial charge is 0.205 e. The molecule has 0 saturated carbocycles. The van der Waals surface area contributed by atoms with Gasteiger partial charge >= 0.3 is 0 Å². The van der Waals surface area contributed by atoms with Crippen molar-refractivity contribution < 1.29 is 0 Å². The van der Waals surface area contributed by atoms with Crippen molar-refractivity contribution in [1.29, 1.82) is 5.53 Å². The molecule has 44 valence electrons. The van der Waals surface area contributed by atoms with Gasteiger partial charge in [-0.2, -0.15) is 5.11 Å². The van der Waals surface area contributed by atoms with Crippen LogP contribution in [0.15, 0.2) is 29.0 Å². The fraction of sp³-hybridized carbons (Fsp3) is 0.333. The van der Waals surface area contributed by atoms with Crippen LogP contribution in [0.5, 0.6) is 0 Å². The van der Waals surface area contributed by atoms with Crippen LogP contribution in [0.1, 0.15) is 13.8 Å². The maximum absolute atomic E-state index is 6.56. The predicted molar refractivity (Wildman–Crippen MR) is 33.7 cm³/mol. The van der Waals surface area contributed by atoms with E-state index in [1.54, 1.807) is 13.0 Å². The molecule has 0 atom stereocenters. The maximum Gasteiger partial charge on any atom is 0.0621 e. The van der Waals surface area contributed by atoms with Crippen molar-refractivity contribution in [2.75, 3.05) is 0 Å². The van der Waals surface area contributed by atoms with E-state index in [0.717, 1.165) is 11.3 Å². The van der Waals surface area contributed by atoms with E-state index >= 15 is 0 Å². The van der Waals surface area contributed by atoms with Gasteiger partial charge in [-0.15, -0.1) is 0 Å². The van der Waals surface area contributed by atoms with Crippen molar-refractivity contribution in [3.8, 4) is 0 Å². The smallest absolute Gasteiger partial charge is 0.0621 e. The average Bonchev–Trinajstić information content (AvgIpc) is 1.84. The number of nitrogens with zero attached hydrogens (tertiary/aromatic N) is 1. The van der Waals surface area contributed by atoms with E-state index in [1.807, 2.05) is 6.92 Å². The van der Waals surface area contributed by atoms with E-state index in [2.05, 4.69) is 11.7 Å². The Hall–Kier alpha value is -0.920. The normalized spacial score (nSPS) is 12.2. The number of nitrogens with one attached hydrogen (secondary N) is 1. The van der Waals surface area contributed by atoms with Gasteiger partial charge in [-0.25, -0.2) is 5.53 Å². The lowest BCUT2D eigenvalue weighted by molar-refractivity contribution is 1.04. The molecule has 0 rings (SSSR count). The zero-order valence-electron chi connectivity index (χ0n) is 5.23. The summed E-state index contributed by atoms with van der Waals surface area (Å²) in [5.41, 5.74) is 8.24. The Labute approximate surface area is 49.4 Å². The van der Waals surface area contributed by atoms with Gasteiger partial charge in [0, 0.05) is 0 Å². The van der Waals surface area contributed by atoms with Gasteiger partial charge in [0.15, 0.2) is 0 Å². The van der Waals surface area contributed by atoms with Gasteiger partial charge in [0.25, 0.3) is 0 Å². The molecule has 0 aliphatic rings. The van der Waals surface area contributed by atoms with Crippen LogP contribution < -0.4 is 0 Å². The van der Waals surface area contributed by atoms with Crippen molar-refractivity contribution in [2.24, 2.45) is 5.11 Å². The molecule has 0 aromatic heterocycles. The Bertz CT molecular complexity index is 117. The first-order chi connectivity index (χ1) is 3.72. The molecule has 2 nitrogen and oxygen atoms in total. The Morgan fingerprint density at radius 2 is 2.12 bits per heavy atom. The van der Waals surface area contributed by atoms with Crippen LogP contribution in [0.3, 0.4) is 0 Å². The first-order valence-electron chi connectivity index (χ1n) is 2.39. The lowest BCUT2D eigenvalue weighted by Gasteiger charge is -1.90. The summed E-state index contributed by atoms with van der Waals surface area (Å²) in [5.74, 6) is 0. The summed E-state index contributed by atoms with van der Waals surface area (Å²) >= 11 is 0. The third kappa shape index (κ3) is 1.69. The molecular weight excluding hydrogens is 100 g/mol. The highest BCUT2D eigenvalue weighted by molar-refractivity contribution is 5.18. The second kappa shape index (κ2) is 3.13. The molecule has 0 aromatic rings. The van der Waals surface area contributed by atoms with Gasteiger partial charge in [0.05, 0.1) is 5.70 Å². The maximum atomic E-state index is 6.56. The van der Waals surface area contributed by atoms with E-state index in [4.69, 9.17) is 5.53 Å². The Balaban J connectivity index is 4.25. The van der Waals surface area contributed by atoms with Gasteiger partial charge in [-0.3, -0.25) is 0 Å². The second-order valence-corrected chi connectivity index (χ2v) is 1.58. The SMILES string of the molecule is C=C/C(C)=C(/C)N=N. The average molecular weight is 110 g/mol. The van der Waals surface area contributed by atoms with E-state index in [-0.39, 0.29) is 0 Å². The summed E-state index contributed by atoms with van der Waals surface area (Å²) < 4.78 is 0. The van der Waals surface area contributed by atoms with Crippen molar-refractivity contribution in [1.82, 2.24) is 0 Å². The summed E-state index contributed by atoms with van der Waals surface area (Å²) in [4.78, 5) is 0. The summed E-state index contributed by atoms with van der Waals surface area (Å²) in [6.07, 6.45) is 1.69. The number of hydrogen-bond donors (Lipinski definition) is 1. The lowest BCUT2D eigenvalue weighted by Crippen LogP contribution is -1.71. The molecule has 0 aromatic carbocycles. The van der Waals surface area contributed by atoms with Crippen molar-refractivity contribution in [3.05, 3.63) is 23.9 Å². The molecule has 0 heterocycles. The zero-order chi connectivity index (χ0) is 6.57. The van der Waals surface area contributed by atoms with Gasteiger partial charge in [0.1, 0.15) is 0 Å². The van der Waals surface area contributed by atoms with E-state index < -0.39 is 0 Å². The number of hydrogen-bond acceptors (Lipinski definition) is 2. The summed E-state index contributed by atoms with van der Waals surface area (Å²) in [5, 5.41) is 3.22. The first kappa shape index (κ1) is 7.08. The third-order valence-corrected chi connectivity index (χ3v) is 1.04. The van der Waals surface area contributed by atoms with Crippen LogP contribution in [0, 0.1) is 5.53 Å². The van der Waals surface area contributed by atoms with Gasteiger partial charge in [-0.1, -0.05) is 12.7 Å². The Morgan fingerprint density at radius 1 is 1.62 bits per heavy atom. The molecule has 0 bridgehead atoms. The monoisotopic (exact) mass is 110 g/mol. The van der Waals surface area contributed by atoms with Crippen LogP contribution >= 0.6 is 0 Å². The first-order valence-corrected chi connectivity index (χ1v) is 2.39. The molecule has 0 saturated heterocycles. The zero-order valence-corrected chi connectivity index (χ0v) is 5.23. The van der Waals surface area contributed by atoms with Crippen molar-refractivity contribution >= 4 is 0 Å². The van der Waals surface area contributed by atoms with Crippen LogP contribution in [-0.2, 0) is 0 Å². The minimum atomic E-state index is 0.722. The standard InChI is InChI=1S/C6H10N2/c1-4-5(2)6(3)8-7/h4,7H,1H2,2-3H3/b6-5-,8-7?. The molecule has 0 amide bonds. The summed E-state index contributed by atoms with van der Waals surface area (Å²) in [6, 6.07) is 0. The summed E-state index contributed by atoms with van der Waals surface area (Å²) in [6.45, 7) is 7.19.